The van der Waals surface area contributed by atoms with Crippen LogP contribution in [0.3, 0.4) is 0 Å². The number of aromatic carboxylic acids is 1. The summed E-state index contributed by atoms with van der Waals surface area (Å²) in [5, 5.41) is 13.3. The maximum absolute atomic E-state index is 11.1. The zero-order chi connectivity index (χ0) is 13.5. The molecule has 8 heteroatoms. The number of aryl methyl sites for hydroxylation is 1. The van der Waals surface area contributed by atoms with Gasteiger partial charge in [0, 0.05) is 5.75 Å². The molecule has 18 heavy (non-hydrogen) atoms. The summed E-state index contributed by atoms with van der Waals surface area (Å²) in [5.41, 5.74) is 6.28. The van der Waals surface area contributed by atoms with Gasteiger partial charge in [-0.25, -0.2) is 9.48 Å². The molecule has 1 saturated heterocycles. The normalized spacial score (nSPS) is 24.1. The number of carboxylic acids is 1. The number of nitrogen functional groups attached to an aromatic ring is 1. The molecule has 1 fully saturated rings. The number of aromatic nitrogens is 2. The van der Waals surface area contributed by atoms with Crippen LogP contribution >= 0.6 is 10.6 Å². The average Bonchev–Trinajstić information content (AvgIpc) is 2.78. The number of nitrogens with zero attached hydrogens (tertiary/aromatic N) is 2. The monoisotopic (exact) mass is 275 g/mol. The first-order valence-electron chi connectivity index (χ1n) is 5.69. The van der Waals surface area contributed by atoms with E-state index in [1.807, 2.05) is 0 Å². The van der Waals surface area contributed by atoms with E-state index in [0.717, 1.165) is 0 Å². The van der Waals surface area contributed by atoms with Crippen molar-refractivity contribution in [3.63, 3.8) is 0 Å². The fraction of sp³-hybridized carbons (Fsp3) is 0.600. The third-order valence-corrected chi connectivity index (χ3v) is 4.96. The van der Waals surface area contributed by atoms with Crippen molar-refractivity contribution < 1.29 is 19.0 Å². The highest BCUT2D eigenvalue weighted by atomic mass is 32.3. The lowest BCUT2D eigenvalue weighted by Crippen LogP contribution is -2.15. The average molecular weight is 275 g/mol. The van der Waals surface area contributed by atoms with Crippen LogP contribution in [0.1, 0.15) is 35.4 Å². The Hall–Kier alpha value is -1.25. The SMILES string of the molecule is CCc1nn(C2CCS(O)(O)C2)c(N)c1C(=O)O. The Bertz CT molecular complexity index is 486. The molecule has 2 heterocycles. The first kappa shape index (κ1) is 13.2. The molecular formula is C10H17N3O4S. The molecule has 1 aromatic rings. The van der Waals surface area contributed by atoms with E-state index in [0.29, 0.717) is 24.3 Å². The molecule has 102 valence electrons. The van der Waals surface area contributed by atoms with Crippen molar-refractivity contribution in [1.29, 1.82) is 0 Å². The summed E-state index contributed by atoms with van der Waals surface area (Å²) in [6, 6.07) is -0.228. The van der Waals surface area contributed by atoms with Crippen molar-refractivity contribution in [3.05, 3.63) is 11.3 Å². The number of hydrogen-bond acceptors (Lipinski definition) is 5. The van der Waals surface area contributed by atoms with Crippen molar-refractivity contribution in [3.8, 4) is 0 Å². The van der Waals surface area contributed by atoms with E-state index in [9.17, 15) is 13.9 Å². The summed E-state index contributed by atoms with van der Waals surface area (Å²) in [7, 11) is -2.55. The van der Waals surface area contributed by atoms with Crippen LogP contribution in [0, 0.1) is 0 Å². The van der Waals surface area contributed by atoms with Crippen LogP contribution in [0.2, 0.25) is 0 Å². The molecule has 0 spiro atoms. The van der Waals surface area contributed by atoms with Gasteiger partial charge in [0.2, 0.25) is 0 Å². The molecule has 7 nitrogen and oxygen atoms in total. The van der Waals surface area contributed by atoms with Gasteiger partial charge in [-0.1, -0.05) is 6.92 Å². The first-order chi connectivity index (χ1) is 8.35. The summed E-state index contributed by atoms with van der Waals surface area (Å²) >= 11 is 0. The molecule has 1 aliphatic heterocycles. The lowest BCUT2D eigenvalue weighted by Gasteiger charge is -2.26. The standard InChI is InChI=1S/C10H17N3O4S/c1-2-7-8(10(14)15)9(11)13(12-7)6-3-4-18(16,17)5-6/h6,16-17H,2-5,11H2,1H3,(H,14,15). The number of carbonyl (C=O) groups is 1. The second kappa shape index (κ2) is 4.45. The van der Waals surface area contributed by atoms with E-state index < -0.39 is 16.6 Å². The number of rotatable bonds is 3. The number of hydrogen-bond donors (Lipinski definition) is 4. The summed E-state index contributed by atoms with van der Waals surface area (Å²) < 4.78 is 20.6. The highest BCUT2D eigenvalue weighted by Crippen LogP contribution is 2.50. The summed E-state index contributed by atoms with van der Waals surface area (Å²) in [6.07, 6.45) is 1.03. The van der Waals surface area contributed by atoms with Gasteiger partial charge in [-0.2, -0.15) is 15.7 Å². The highest BCUT2D eigenvalue weighted by molar-refractivity contribution is 8.24. The van der Waals surface area contributed by atoms with Gasteiger partial charge in [-0.15, -0.1) is 0 Å². The van der Waals surface area contributed by atoms with Gasteiger partial charge in [0.25, 0.3) is 0 Å². The van der Waals surface area contributed by atoms with Crippen LogP contribution in [-0.4, -0.2) is 41.5 Å². The Morgan fingerprint density at radius 1 is 1.61 bits per heavy atom. The fourth-order valence-corrected chi connectivity index (χ4v) is 3.99. The molecule has 1 aromatic heterocycles. The molecule has 0 aromatic carbocycles. The van der Waals surface area contributed by atoms with E-state index in [2.05, 4.69) is 5.10 Å². The Morgan fingerprint density at radius 3 is 2.67 bits per heavy atom. The smallest absolute Gasteiger partial charge is 0.341 e. The third-order valence-electron chi connectivity index (χ3n) is 3.15. The van der Waals surface area contributed by atoms with E-state index in [1.165, 1.54) is 4.68 Å². The topological polar surface area (TPSA) is 122 Å². The Morgan fingerprint density at radius 2 is 2.28 bits per heavy atom. The van der Waals surface area contributed by atoms with Gasteiger partial charge in [0.15, 0.2) is 0 Å². The summed E-state index contributed by atoms with van der Waals surface area (Å²) in [4.78, 5) is 11.1. The molecule has 5 N–H and O–H groups in total. The van der Waals surface area contributed by atoms with Crippen molar-refractivity contribution >= 4 is 22.4 Å². The van der Waals surface area contributed by atoms with Crippen LogP contribution in [0.4, 0.5) is 5.82 Å². The maximum atomic E-state index is 11.1. The largest absolute Gasteiger partial charge is 0.477 e. The number of anilines is 1. The molecule has 0 bridgehead atoms. The van der Waals surface area contributed by atoms with E-state index in [-0.39, 0.29) is 23.2 Å². The Balaban J connectivity index is 2.38. The van der Waals surface area contributed by atoms with Gasteiger partial charge in [-0.3, -0.25) is 9.11 Å². The molecule has 0 saturated carbocycles. The minimum absolute atomic E-state index is 0.0286. The predicted octanol–water partition coefficient (Wildman–Crippen LogP) is 1.42. The fourth-order valence-electron chi connectivity index (χ4n) is 2.25. The van der Waals surface area contributed by atoms with Crippen LogP contribution in [0.25, 0.3) is 0 Å². The second-order valence-electron chi connectivity index (χ2n) is 4.43. The van der Waals surface area contributed by atoms with E-state index in [1.54, 1.807) is 6.92 Å². The van der Waals surface area contributed by atoms with Gasteiger partial charge in [0.05, 0.1) is 17.5 Å². The summed E-state index contributed by atoms with van der Waals surface area (Å²) in [5.74, 6) is -0.483. The zero-order valence-electron chi connectivity index (χ0n) is 10.0. The second-order valence-corrected chi connectivity index (χ2v) is 6.77. The predicted molar refractivity (Wildman–Crippen MR) is 69.2 cm³/mol. The number of nitrogens with two attached hydrogens (primary N) is 1. The lowest BCUT2D eigenvalue weighted by molar-refractivity contribution is 0.0697. The van der Waals surface area contributed by atoms with Crippen molar-refractivity contribution in [1.82, 2.24) is 9.78 Å². The quantitative estimate of drug-likeness (QED) is 0.662. The van der Waals surface area contributed by atoms with Crippen molar-refractivity contribution in [2.24, 2.45) is 0 Å². The zero-order valence-corrected chi connectivity index (χ0v) is 10.9. The number of carboxylic acid groups (broad SMARTS) is 1. The van der Waals surface area contributed by atoms with Crippen LogP contribution < -0.4 is 5.73 Å². The van der Waals surface area contributed by atoms with Crippen LogP contribution in [-0.2, 0) is 6.42 Å². The lowest BCUT2D eigenvalue weighted by atomic mass is 10.2. The third kappa shape index (κ3) is 2.18. The molecule has 0 radical (unpaired) electrons. The molecule has 1 unspecified atom stereocenters. The van der Waals surface area contributed by atoms with Gasteiger partial charge in [0.1, 0.15) is 11.4 Å². The van der Waals surface area contributed by atoms with Gasteiger partial charge < -0.3 is 10.8 Å². The van der Waals surface area contributed by atoms with Crippen LogP contribution in [0.15, 0.2) is 0 Å². The minimum Gasteiger partial charge on any atom is -0.477 e. The maximum Gasteiger partial charge on any atom is 0.341 e. The molecule has 2 rings (SSSR count). The summed E-state index contributed by atoms with van der Waals surface area (Å²) in [6.45, 7) is 1.81. The highest BCUT2D eigenvalue weighted by Gasteiger charge is 2.33. The van der Waals surface area contributed by atoms with E-state index in [4.69, 9.17) is 10.8 Å². The molecular weight excluding hydrogens is 258 g/mol. The van der Waals surface area contributed by atoms with Crippen molar-refractivity contribution in [2.45, 2.75) is 25.8 Å². The Labute approximate surface area is 106 Å². The molecule has 1 aliphatic rings. The van der Waals surface area contributed by atoms with Gasteiger partial charge >= 0.3 is 5.97 Å². The molecule has 0 amide bonds. The Kier molecular flexibility index (Phi) is 3.26. The molecule has 1 atom stereocenters. The van der Waals surface area contributed by atoms with Gasteiger partial charge in [-0.05, 0) is 12.8 Å². The first-order valence-corrected chi connectivity index (χ1v) is 7.58. The minimum atomic E-state index is -2.55. The van der Waals surface area contributed by atoms with Crippen LogP contribution in [0.5, 0.6) is 0 Å². The molecule has 0 aliphatic carbocycles. The van der Waals surface area contributed by atoms with E-state index >= 15 is 0 Å². The van der Waals surface area contributed by atoms with Crippen molar-refractivity contribution in [2.75, 3.05) is 17.2 Å².